The lowest BCUT2D eigenvalue weighted by Gasteiger charge is -2.40. The highest BCUT2D eigenvalue weighted by Gasteiger charge is 2.62. The lowest BCUT2D eigenvalue weighted by atomic mass is 9.82. The second kappa shape index (κ2) is 12.2. The monoisotopic (exact) mass is 597 g/mol. The van der Waals surface area contributed by atoms with Gasteiger partial charge in [-0.05, 0) is 92.8 Å². The van der Waals surface area contributed by atoms with Gasteiger partial charge in [-0.25, -0.2) is 4.39 Å². The number of rotatable bonds is 6. The number of halogens is 5. The second-order valence-corrected chi connectivity index (χ2v) is 11.9. The summed E-state index contributed by atoms with van der Waals surface area (Å²) in [6.07, 6.45) is -1.41. The predicted molar refractivity (Wildman–Crippen MR) is 149 cm³/mol. The number of likely N-dealkylation sites (tertiary alicyclic amines) is 1. The van der Waals surface area contributed by atoms with E-state index in [0.29, 0.717) is 30.4 Å². The number of nitrogens with zero attached hydrogens (tertiary/aromatic N) is 3. The molecule has 0 bridgehead atoms. The Balaban J connectivity index is 1.32. The van der Waals surface area contributed by atoms with Crippen molar-refractivity contribution in [3.8, 4) is 0 Å². The van der Waals surface area contributed by atoms with Crippen molar-refractivity contribution in [2.45, 2.75) is 50.8 Å². The average Bonchev–Trinajstić information content (AvgIpc) is 2.91. The van der Waals surface area contributed by atoms with Crippen molar-refractivity contribution < 1.29 is 32.3 Å². The Morgan fingerprint density at radius 1 is 0.976 bits per heavy atom. The van der Waals surface area contributed by atoms with Gasteiger partial charge in [0, 0.05) is 62.1 Å². The number of hydrogen-bond acceptors (Lipinski definition) is 4. The van der Waals surface area contributed by atoms with Gasteiger partial charge in [-0.2, -0.15) is 13.2 Å². The largest absolute Gasteiger partial charge is 0.430 e. The van der Waals surface area contributed by atoms with Crippen LogP contribution in [0.3, 0.4) is 0 Å². The zero-order valence-corrected chi connectivity index (χ0v) is 24.2. The number of aryl methyl sites for hydroxylation is 1. The summed E-state index contributed by atoms with van der Waals surface area (Å²) in [5.74, 6) is -1.87. The number of alkyl halides is 3. The fourth-order valence-corrected chi connectivity index (χ4v) is 6.22. The van der Waals surface area contributed by atoms with Gasteiger partial charge in [0.1, 0.15) is 5.82 Å². The van der Waals surface area contributed by atoms with E-state index in [4.69, 9.17) is 11.6 Å². The molecule has 11 heteroatoms. The van der Waals surface area contributed by atoms with Crippen LogP contribution in [0, 0.1) is 24.6 Å². The lowest BCUT2D eigenvalue weighted by molar-refractivity contribution is -0.262. The third kappa shape index (κ3) is 6.64. The van der Waals surface area contributed by atoms with Gasteiger partial charge in [0.2, 0.25) is 0 Å². The number of anilines is 1. The van der Waals surface area contributed by atoms with E-state index in [-0.39, 0.29) is 29.9 Å². The molecule has 2 saturated heterocycles. The number of amides is 2. The number of carbonyl (C=O) groups excluding carboxylic acids is 2. The Bertz CT molecular complexity index is 1250. The van der Waals surface area contributed by atoms with Gasteiger partial charge >= 0.3 is 6.18 Å². The molecule has 1 atom stereocenters. The number of benzene rings is 2. The van der Waals surface area contributed by atoms with Crippen LogP contribution in [0.25, 0.3) is 0 Å². The van der Waals surface area contributed by atoms with Crippen LogP contribution in [0.2, 0.25) is 5.02 Å². The summed E-state index contributed by atoms with van der Waals surface area (Å²) >= 11 is 5.73. The Hall–Kier alpha value is -2.85. The van der Waals surface area contributed by atoms with E-state index >= 15 is 0 Å². The zero-order valence-electron chi connectivity index (χ0n) is 23.5. The molecule has 2 aromatic rings. The molecule has 0 aliphatic carbocycles. The molecule has 2 aliphatic rings. The Labute approximate surface area is 242 Å². The van der Waals surface area contributed by atoms with Gasteiger partial charge in [-0.3, -0.25) is 9.59 Å². The van der Waals surface area contributed by atoms with E-state index in [1.165, 1.54) is 0 Å². The van der Waals surface area contributed by atoms with Crippen LogP contribution in [0.5, 0.6) is 0 Å². The van der Waals surface area contributed by atoms with E-state index in [1.807, 2.05) is 25.1 Å². The number of piperidine rings is 2. The minimum Gasteiger partial charge on any atom is -0.372 e. The maximum atomic E-state index is 14.0. The topological polar surface area (TPSA) is 64.1 Å². The van der Waals surface area contributed by atoms with Crippen molar-refractivity contribution >= 4 is 29.1 Å². The minimum atomic E-state index is -5.35. The van der Waals surface area contributed by atoms with Crippen LogP contribution in [0.4, 0.5) is 23.2 Å². The summed E-state index contributed by atoms with van der Waals surface area (Å²) in [7, 11) is 3.46. The van der Waals surface area contributed by atoms with Gasteiger partial charge in [-0.15, -0.1) is 0 Å². The molecule has 0 aromatic heterocycles. The zero-order chi connectivity index (χ0) is 30.1. The van der Waals surface area contributed by atoms with Crippen molar-refractivity contribution in [3.63, 3.8) is 0 Å². The molecule has 41 heavy (non-hydrogen) atoms. The standard InChI is InChI=1S/C30H36ClF4N3O3/c1-19-14-25(4-5-26(19)27(39)36(2)3)37-10-6-20(7-11-37)15-21-8-12-38(13-9-21)28(40)29(41,30(33,34)35)22-16-23(31)18-24(32)17-22/h4-5,14,16-18,20-21,41H,6-13,15H2,1-3H3/t29-/m1/s1. The lowest BCUT2D eigenvalue weighted by Crippen LogP contribution is -2.57. The van der Waals surface area contributed by atoms with Crippen LogP contribution in [0.1, 0.15) is 53.6 Å². The molecule has 0 unspecified atom stereocenters. The van der Waals surface area contributed by atoms with Gasteiger partial charge in [0.25, 0.3) is 17.4 Å². The molecule has 2 aliphatic heterocycles. The van der Waals surface area contributed by atoms with Gasteiger partial charge in [-0.1, -0.05) is 11.6 Å². The van der Waals surface area contributed by atoms with Crippen molar-refractivity contribution in [1.82, 2.24) is 9.80 Å². The molecular weight excluding hydrogens is 562 g/mol. The van der Waals surface area contributed by atoms with Gasteiger partial charge in [0.05, 0.1) is 0 Å². The first-order chi connectivity index (χ1) is 19.2. The summed E-state index contributed by atoms with van der Waals surface area (Å²) in [5, 5.41) is 10.3. The van der Waals surface area contributed by atoms with Crippen LogP contribution in [0.15, 0.2) is 36.4 Å². The molecule has 2 fully saturated rings. The summed E-state index contributed by atoms with van der Waals surface area (Å²) in [6.45, 7) is 3.85. The third-order valence-electron chi connectivity index (χ3n) is 8.39. The molecule has 1 N–H and O–H groups in total. The molecule has 0 saturated carbocycles. The van der Waals surface area contributed by atoms with Crippen molar-refractivity contribution in [2.24, 2.45) is 11.8 Å². The van der Waals surface area contributed by atoms with E-state index < -0.39 is 29.1 Å². The number of hydrogen-bond donors (Lipinski definition) is 1. The average molecular weight is 598 g/mol. The third-order valence-corrected chi connectivity index (χ3v) is 8.61. The van der Waals surface area contributed by atoms with E-state index in [9.17, 15) is 32.3 Å². The fraction of sp³-hybridized carbons (Fsp3) is 0.533. The maximum Gasteiger partial charge on any atom is 0.430 e. The second-order valence-electron chi connectivity index (χ2n) is 11.5. The first kappa shape index (κ1) is 31.1. The fourth-order valence-electron chi connectivity index (χ4n) is 6.00. The van der Waals surface area contributed by atoms with E-state index in [0.717, 1.165) is 60.6 Å². The van der Waals surface area contributed by atoms with Crippen molar-refractivity contribution in [2.75, 3.05) is 45.2 Å². The summed E-state index contributed by atoms with van der Waals surface area (Å²) in [5.41, 5.74) is -2.11. The Morgan fingerprint density at radius 2 is 1.56 bits per heavy atom. The first-order valence-corrected chi connectivity index (χ1v) is 14.2. The maximum absolute atomic E-state index is 14.0. The molecule has 2 amide bonds. The number of aliphatic hydroxyl groups is 1. The molecule has 224 valence electrons. The molecule has 2 heterocycles. The molecule has 4 rings (SSSR count). The summed E-state index contributed by atoms with van der Waals surface area (Å²) in [4.78, 5) is 30.3. The van der Waals surface area contributed by atoms with Gasteiger partial charge < -0.3 is 19.8 Å². The highest BCUT2D eigenvalue weighted by Crippen LogP contribution is 2.42. The first-order valence-electron chi connectivity index (χ1n) is 13.8. The Morgan fingerprint density at radius 3 is 2.07 bits per heavy atom. The molecular formula is C30H36ClF4N3O3. The Kier molecular flexibility index (Phi) is 9.23. The van der Waals surface area contributed by atoms with Crippen molar-refractivity contribution in [1.29, 1.82) is 0 Å². The molecule has 2 aromatic carbocycles. The highest BCUT2D eigenvalue weighted by atomic mass is 35.5. The normalized spacial score (nSPS) is 18.8. The summed E-state index contributed by atoms with van der Waals surface area (Å²) < 4.78 is 55.9. The van der Waals surface area contributed by atoms with Crippen LogP contribution >= 0.6 is 11.6 Å². The highest BCUT2D eigenvalue weighted by molar-refractivity contribution is 6.30. The minimum absolute atomic E-state index is 0.0260. The van der Waals surface area contributed by atoms with Crippen LogP contribution in [-0.4, -0.2) is 73.2 Å². The molecule has 6 nitrogen and oxygen atoms in total. The predicted octanol–water partition coefficient (Wildman–Crippen LogP) is 5.78. The van der Waals surface area contributed by atoms with E-state index in [2.05, 4.69) is 4.90 Å². The number of carbonyl (C=O) groups is 2. The molecule has 0 radical (unpaired) electrons. The smallest absolute Gasteiger partial charge is 0.372 e. The van der Waals surface area contributed by atoms with E-state index in [1.54, 1.807) is 19.0 Å². The van der Waals surface area contributed by atoms with Crippen molar-refractivity contribution in [3.05, 3.63) is 63.9 Å². The SMILES string of the molecule is Cc1cc(N2CCC(CC3CCN(C(=O)[C@](O)(c4cc(F)cc(Cl)c4)C(F)(F)F)CC3)CC2)ccc1C(=O)N(C)C. The molecule has 0 spiro atoms. The van der Waals surface area contributed by atoms with Crippen LogP contribution < -0.4 is 4.90 Å². The summed E-state index contributed by atoms with van der Waals surface area (Å²) in [6, 6.07) is 7.98. The van der Waals surface area contributed by atoms with Crippen LogP contribution in [-0.2, 0) is 10.4 Å². The quantitative estimate of drug-likeness (QED) is 0.429. The van der Waals surface area contributed by atoms with Gasteiger partial charge in [0.15, 0.2) is 0 Å².